The molecule has 0 saturated carbocycles. The van der Waals surface area contributed by atoms with Crippen molar-refractivity contribution in [3.05, 3.63) is 72.8 Å². The van der Waals surface area contributed by atoms with Crippen molar-refractivity contribution in [3.63, 3.8) is 0 Å². The van der Waals surface area contributed by atoms with Gasteiger partial charge < -0.3 is 30.6 Å². The molecule has 3 aromatic rings. The maximum atomic E-state index is 10.3. The van der Waals surface area contributed by atoms with Crippen molar-refractivity contribution in [1.29, 1.82) is 0 Å². The fourth-order valence-electron chi connectivity index (χ4n) is 1.45. The minimum Gasteiger partial charge on any atom is -0.872 e. The van der Waals surface area contributed by atoms with Gasteiger partial charge in [0.2, 0.25) is 0 Å². The van der Waals surface area contributed by atoms with Gasteiger partial charge in [-0.15, -0.1) is 17.2 Å². The van der Waals surface area contributed by atoms with Gasteiger partial charge in [0, 0.05) is 0 Å². The topological polar surface area (TPSA) is 130 Å². The molecule has 128 valence electrons. The van der Waals surface area contributed by atoms with E-state index in [4.69, 9.17) is 15.3 Å². The maximum absolute atomic E-state index is 10.3. The van der Waals surface area contributed by atoms with E-state index in [-0.39, 0.29) is 60.7 Å². The molecule has 3 aromatic carbocycles. The Kier molecular flexibility index (Phi) is 10.6. The molecule has 0 atom stereocenters. The summed E-state index contributed by atoms with van der Waals surface area (Å²) in [5.74, 6) is -0.410. The monoisotopic (exact) mass is 536 g/mol. The zero-order valence-electron chi connectivity index (χ0n) is 12.9. The summed E-state index contributed by atoms with van der Waals surface area (Å²) in [6.45, 7) is 0. The van der Waals surface area contributed by atoms with E-state index in [0.29, 0.717) is 0 Å². The minimum absolute atomic E-state index is 0. The van der Waals surface area contributed by atoms with Crippen molar-refractivity contribution >= 4 is 26.2 Å². The van der Waals surface area contributed by atoms with Crippen LogP contribution in [0.3, 0.4) is 0 Å². The molecule has 0 aliphatic rings. The van der Waals surface area contributed by atoms with Gasteiger partial charge in [-0.05, 0) is 36.4 Å². The summed E-state index contributed by atoms with van der Waals surface area (Å²) in [5.41, 5.74) is 0. The van der Waals surface area contributed by atoms with Gasteiger partial charge in [0.15, 0.2) is 0 Å². The molecule has 0 aliphatic carbocycles. The quantitative estimate of drug-likeness (QED) is 0.368. The van der Waals surface area contributed by atoms with E-state index in [1.165, 1.54) is 72.8 Å². The number of hydrogen-bond acceptors (Lipinski definition) is 6. The van der Waals surface area contributed by atoms with Gasteiger partial charge in [-0.3, -0.25) is 0 Å². The van der Waals surface area contributed by atoms with Crippen molar-refractivity contribution in [2.24, 2.45) is 0 Å². The second-order valence-corrected chi connectivity index (χ2v) is 4.49. The van der Waals surface area contributed by atoms with Crippen LogP contribution in [0.2, 0.25) is 0 Å². The Morgan fingerprint density at radius 1 is 0.480 bits per heavy atom. The van der Waals surface area contributed by atoms with Crippen LogP contribution in [-0.4, -0.2) is 41.5 Å². The maximum Gasteiger partial charge on any atom is 3.00 e. The Morgan fingerprint density at radius 2 is 0.720 bits per heavy atom. The molecule has 0 amide bonds. The van der Waals surface area contributed by atoms with Crippen LogP contribution in [0.15, 0.2) is 72.8 Å². The van der Waals surface area contributed by atoms with E-state index >= 15 is 0 Å². The smallest absolute Gasteiger partial charge is 0.872 e. The predicted octanol–water partition coefficient (Wildman–Crippen LogP) is 1.02. The number of rotatable bonds is 0. The zero-order valence-corrected chi connectivity index (χ0v) is 16.4. The normalized spacial score (nSPS) is 8.64. The molecule has 0 saturated heterocycles. The van der Waals surface area contributed by atoms with E-state index in [0.717, 1.165) is 0 Å². The molecule has 2 radical (unpaired) electrons. The van der Waals surface area contributed by atoms with E-state index in [2.05, 4.69) is 0 Å². The van der Waals surface area contributed by atoms with E-state index in [1.54, 1.807) is 0 Å². The Balaban J connectivity index is 0.000000339. The zero-order chi connectivity index (χ0) is 17.9. The van der Waals surface area contributed by atoms with Crippen molar-refractivity contribution in [2.75, 3.05) is 0 Å². The van der Waals surface area contributed by atoms with Crippen LogP contribution in [0, 0.1) is 0 Å². The molecule has 25 heavy (non-hydrogen) atoms. The van der Waals surface area contributed by atoms with Gasteiger partial charge in [0.25, 0.3) is 0 Å². The second kappa shape index (κ2) is 11.8. The average molecular weight is 536 g/mol. The SMILES string of the molecule is [Bi+3].[O-]c1cccc(O)c1.[O-]c1cccc(O)c1.[O-]c1cccc(O)c1. The minimum atomic E-state index is -0.162. The Hall–Kier alpha value is -2.66. The molecule has 0 unspecified atom stereocenters. The van der Waals surface area contributed by atoms with Crippen LogP contribution in [0.25, 0.3) is 0 Å². The predicted molar refractivity (Wildman–Crippen MR) is 88.4 cm³/mol. The first kappa shape index (κ1) is 22.3. The Morgan fingerprint density at radius 3 is 0.840 bits per heavy atom. The summed E-state index contributed by atoms with van der Waals surface area (Å²) in [5, 5.41) is 56.8. The summed E-state index contributed by atoms with van der Waals surface area (Å²) in [7, 11) is 0. The molecule has 3 N–H and O–H groups in total. The molecule has 0 aromatic heterocycles. The van der Waals surface area contributed by atoms with Gasteiger partial charge in [0.1, 0.15) is 17.2 Å². The number of benzene rings is 3. The van der Waals surface area contributed by atoms with Crippen LogP contribution >= 0.6 is 0 Å². The second-order valence-electron chi connectivity index (χ2n) is 4.49. The summed E-state index contributed by atoms with van der Waals surface area (Å²) in [4.78, 5) is 0. The number of phenolic OH excluding ortho intramolecular Hbond substituents is 3. The Labute approximate surface area is 164 Å². The van der Waals surface area contributed by atoms with Crippen LogP contribution in [0.5, 0.6) is 34.5 Å². The van der Waals surface area contributed by atoms with E-state index in [9.17, 15) is 15.3 Å². The van der Waals surface area contributed by atoms with Crippen LogP contribution in [0.1, 0.15) is 0 Å². The first-order valence-corrected chi connectivity index (χ1v) is 6.75. The van der Waals surface area contributed by atoms with E-state index in [1.807, 2.05) is 0 Å². The molecule has 0 aliphatic heterocycles. The molecule has 0 spiro atoms. The van der Waals surface area contributed by atoms with Crippen molar-refractivity contribution in [3.8, 4) is 34.5 Å². The first-order chi connectivity index (χ1) is 11.4. The third-order valence-electron chi connectivity index (χ3n) is 2.45. The molecule has 6 nitrogen and oxygen atoms in total. The van der Waals surface area contributed by atoms with Crippen molar-refractivity contribution < 1.29 is 30.6 Å². The molecule has 0 heterocycles. The fraction of sp³-hybridized carbons (Fsp3) is 0. The van der Waals surface area contributed by atoms with Gasteiger partial charge in [0.05, 0.1) is 0 Å². The van der Waals surface area contributed by atoms with Crippen LogP contribution < -0.4 is 15.3 Å². The van der Waals surface area contributed by atoms with Gasteiger partial charge in [-0.25, -0.2) is 0 Å². The molecular formula is C18H15BiO6. The fourth-order valence-corrected chi connectivity index (χ4v) is 1.45. The summed E-state index contributed by atoms with van der Waals surface area (Å²) in [6.07, 6.45) is 0. The molecule has 3 rings (SSSR count). The number of phenols is 3. The third-order valence-corrected chi connectivity index (χ3v) is 2.45. The van der Waals surface area contributed by atoms with Crippen LogP contribution in [0.4, 0.5) is 0 Å². The van der Waals surface area contributed by atoms with Gasteiger partial charge in [-0.1, -0.05) is 36.4 Å². The van der Waals surface area contributed by atoms with Gasteiger partial charge >= 0.3 is 26.2 Å². The molecule has 7 heteroatoms. The van der Waals surface area contributed by atoms with Gasteiger partial charge in [-0.2, -0.15) is 0 Å². The third kappa shape index (κ3) is 10.7. The average Bonchev–Trinajstić information content (AvgIpc) is 2.47. The molecular weight excluding hydrogens is 521 g/mol. The van der Waals surface area contributed by atoms with Crippen LogP contribution in [-0.2, 0) is 0 Å². The Bertz CT molecular complexity index is 609. The first-order valence-electron chi connectivity index (χ1n) is 6.75. The van der Waals surface area contributed by atoms with E-state index < -0.39 is 0 Å². The molecule has 0 fully saturated rings. The summed E-state index contributed by atoms with van der Waals surface area (Å²) in [6, 6.07) is 16.6. The number of hydrogen-bond donors (Lipinski definition) is 3. The standard InChI is InChI=1S/3C6H6O2.Bi/c3*7-5-2-1-3-6(8)4-5;/h3*1-4,7-8H;/q;;;+3/p-3. The number of aromatic hydroxyl groups is 3. The summed E-state index contributed by atoms with van der Waals surface area (Å²) >= 11 is 0. The van der Waals surface area contributed by atoms with Crippen molar-refractivity contribution in [2.45, 2.75) is 0 Å². The largest absolute Gasteiger partial charge is 3.00 e. The van der Waals surface area contributed by atoms with Crippen molar-refractivity contribution in [1.82, 2.24) is 0 Å². The molecule has 0 bridgehead atoms. The summed E-state index contributed by atoms with van der Waals surface area (Å²) < 4.78 is 0.